The predicted octanol–water partition coefficient (Wildman–Crippen LogP) is 6.66. The highest BCUT2D eigenvalue weighted by Gasteiger charge is 2.13. The first-order valence-corrected chi connectivity index (χ1v) is 13.8. The van der Waals surface area contributed by atoms with Gasteiger partial charge in [-0.25, -0.2) is 4.98 Å². The van der Waals surface area contributed by atoms with E-state index in [2.05, 4.69) is 24.0 Å². The minimum absolute atomic E-state index is 0.0171. The van der Waals surface area contributed by atoms with Crippen molar-refractivity contribution in [3.63, 3.8) is 0 Å². The van der Waals surface area contributed by atoms with E-state index in [0.29, 0.717) is 24.4 Å². The number of carbonyl (C=O) groups excluding carboxylic acids is 2. The number of ketones is 2. The van der Waals surface area contributed by atoms with Crippen LogP contribution in [0.5, 0.6) is 11.5 Å². The molecule has 206 valence electrons. The zero-order valence-electron chi connectivity index (χ0n) is 23.1. The van der Waals surface area contributed by atoms with Gasteiger partial charge in [0.05, 0.1) is 13.5 Å². The number of aryl methyl sites for hydroxylation is 2. The summed E-state index contributed by atoms with van der Waals surface area (Å²) in [6.07, 6.45) is 12.7. The van der Waals surface area contributed by atoms with E-state index in [1.54, 1.807) is 24.4 Å². The number of rotatable bonds is 16. The van der Waals surface area contributed by atoms with Gasteiger partial charge >= 0.3 is 0 Å². The van der Waals surface area contributed by atoms with Crippen molar-refractivity contribution in [3.05, 3.63) is 88.6 Å². The van der Waals surface area contributed by atoms with Crippen LogP contribution in [0.3, 0.4) is 0 Å². The first-order valence-electron chi connectivity index (χ1n) is 13.8. The molecular weight excluding hydrogens is 488 g/mol. The number of nitrogens with zero attached hydrogens (tertiary/aromatic N) is 1. The molecule has 0 amide bonds. The Labute approximate surface area is 231 Å². The van der Waals surface area contributed by atoms with Crippen molar-refractivity contribution in [1.82, 2.24) is 4.98 Å². The molecule has 0 saturated heterocycles. The quantitative estimate of drug-likeness (QED) is 0.122. The maximum absolute atomic E-state index is 12.6. The standard InChI is InChI=1S/C33H40N2O4/c1-3-4-5-6-10-13-29(36)22-30(37)17-16-25-20-32(39-2)31(38)19-27(25)18-28-23-35-33(34)21-26(28)15-14-24-11-8-7-9-12-24/h7-9,11-12,16-17,19-21,23,38H,3-6,10,13-15,18,22H2,1-2H3,(H2,34,35). The minimum Gasteiger partial charge on any atom is -0.504 e. The second kappa shape index (κ2) is 15.5. The fourth-order valence-electron chi connectivity index (χ4n) is 4.61. The zero-order chi connectivity index (χ0) is 28.0. The Kier molecular flexibility index (Phi) is 11.8. The fraction of sp³-hybridized carbons (Fsp3) is 0.364. The van der Waals surface area contributed by atoms with Crippen molar-refractivity contribution in [3.8, 4) is 11.5 Å². The number of pyridine rings is 1. The Morgan fingerprint density at radius 2 is 1.74 bits per heavy atom. The van der Waals surface area contributed by atoms with Gasteiger partial charge in [-0.1, -0.05) is 69.0 Å². The van der Waals surface area contributed by atoms with Crippen molar-refractivity contribution in [2.24, 2.45) is 0 Å². The average molecular weight is 529 g/mol. The molecule has 0 bridgehead atoms. The Morgan fingerprint density at radius 3 is 2.49 bits per heavy atom. The van der Waals surface area contributed by atoms with Gasteiger partial charge in [0.2, 0.25) is 0 Å². The lowest BCUT2D eigenvalue weighted by Gasteiger charge is -2.14. The Bertz CT molecular complexity index is 1270. The maximum atomic E-state index is 12.6. The lowest BCUT2D eigenvalue weighted by molar-refractivity contribution is -0.124. The highest BCUT2D eigenvalue weighted by molar-refractivity contribution is 6.06. The number of anilines is 1. The lowest BCUT2D eigenvalue weighted by Crippen LogP contribution is -2.05. The monoisotopic (exact) mass is 528 g/mol. The van der Waals surface area contributed by atoms with Gasteiger partial charge in [0, 0.05) is 12.6 Å². The highest BCUT2D eigenvalue weighted by atomic mass is 16.5. The van der Waals surface area contributed by atoms with Gasteiger partial charge in [-0.15, -0.1) is 0 Å². The van der Waals surface area contributed by atoms with Crippen LogP contribution in [0.1, 0.15) is 79.7 Å². The molecule has 0 unspecified atom stereocenters. The Balaban J connectivity index is 1.75. The van der Waals surface area contributed by atoms with Crippen LogP contribution in [0.2, 0.25) is 0 Å². The van der Waals surface area contributed by atoms with E-state index in [1.807, 2.05) is 24.3 Å². The molecular formula is C33H40N2O4. The van der Waals surface area contributed by atoms with Crippen molar-refractivity contribution < 1.29 is 19.4 Å². The van der Waals surface area contributed by atoms with E-state index in [4.69, 9.17) is 10.5 Å². The first kappa shape index (κ1) is 29.6. The van der Waals surface area contributed by atoms with Crippen LogP contribution in [0.25, 0.3) is 6.08 Å². The van der Waals surface area contributed by atoms with Gasteiger partial charge in [0.15, 0.2) is 17.3 Å². The van der Waals surface area contributed by atoms with E-state index in [0.717, 1.165) is 60.8 Å². The first-order chi connectivity index (χ1) is 18.9. The molecule has 0 aliphatic carbocycles. The number of phenols is 1. The van der Waals surface area contributed by atoms with Crippen molar-refractivity contribution in [2.45, 2.75) is 71.1 Å². The number of hydrogen-bond donors (Lipinski definition) is 2. The third kappa shape index (κ3) is 9.71. The van der Waals surface area contributed by atoms with E-state index in [-0.39, 0.29) is 23.7 Å². The topological polar surface area (TPSA) is 103 Å². The molecule has 0 fully saturated rings. The summed E-state index contributed by atoms with van der Waals surface area (Å²) >= 11 is 0. The third-order valence-electron chi connectivity index (χ3n) is 6.83. The number of methoxy groups -OCH3 is 1. The second-order valence-electron chi connectivity index (χ2n) is 9.94. The number of hydrogen-bond acceptors (Lipinski definition) is 6. The smallest absolute Gasteiger partial charge is 0.163 e. The number of aromatic nitrogens is 1. The van der Waals surface area contributed by atoms with Crippen LogP contribution in [0, 0.1) is 0 Å². The number of unbranched alkanes of at least 4 members (excludes halogenated alkanes) is 4. The summed E-state index contributed by atoms with van der Waals surface area (Å²) in [4.78, 5) is 29.1. The molecule has 3 rings (SSSR count). The molecule has 1 heterocycles. The largest absolute Gasteiger partial charge is 0.504 e. The molecule has 6 heteroatoms. The lowest BCUT2D eigenvalue weighted by atomic mass is 9.94. The summed E-state index contributed by atoms with van der Waals surface area (Å²) in [7, 11) is 1.48. The molecule has 0 aliphatic heterocycles. The molecule has 0 atom stereocenters. The van der Waals surface area contributed by atoms with E-state index in [9.17, 15) is 14.7 Å². The van der Waals surface area contributed by atoms with Gasteiger partial charge in [0.25, 0.3) is 0 Å². The molecule has 0 saturated carbocycles. The van der Waals surface area contributed by atoms with E-state index in [1.165, 1.54) is 25.2 Å². The average Bonchev–Trinajstić information content (AvgIpc) is 2.93. The van der Waals surface area contributed by atoms with Crippen molar-refractivity contribution in [1.29, 1.82) is 0 Å². The van der Waals surface area contributed by atoms with Gasteiger partial charge in [0.1, 0.15) is 11.6 Å². The van der Waals surface area contributed by atoms with Gasteiger partial charge in [-0.3, -0.25) is 9.59 Å². The highest BCUT2D eigenvalue weighted by Crippen LogP contribution is 2.32. The zero-order valence-corrected chi connectivity index (χ0v) is 23.1. The molecule has 0 aliphatic rings. The van der Waals surface area contributed by atoms with Crippen molar-refractivity contribution in [2.75, 3.05) is 12.8 Å². The Morgan fingerprint density at radius 1 is 0.974 bits per heavy atom. The molecule has 2 aromatic carbocycles. The number of ether oxygens (including phenoxy) is 1. The Hall–Kier alpha value is -3.93. The summed E-state index contributed by atoms with van der Waals surface area (Å²) in [5.74, 6) is 0.530. The van der Waals surface area contributed by atoms with E-state index >= 15 is 0 Å². The normalized spacial score (nSPS) is 11.1. The number of aromatic hydroxyl groups is 1. The second-order valence-corrected chi connectivity index (χ2v) is 9.94. The number of allylic oxidation sites excluding steroid dienone is 1. The minimum atomic E-state index is -0.232. The van der Waals surface area contributed by atoms with E-state index < -0.39 is 0 Å². The number of benzene rings is 2. The molecule has 39 heavy (non-hydrogen) atoms. The van der Waals surface area contributed by atoms with Gasteiger partial charge in [-0.05, 0) is 77.8 Å². The molecule has 0 radical (unpaired) electrons. The third-order valence-corrected chi connectivity index (χ3v) is 6.83. The van der Waals surface area contributed by atoms with Crippen LogP contribution < -0.4 is 10.5 Å². The van der Waals surface area contributed by atoms with Gasteiger partial charge in [-0.2, -0.15) is 0 Å². The molecule has 3 N–H and O–H groups in total. The SMILES string of the molecule is CCCCCCCC(=O)CC(=O)C=Cc1cc(OC)c(O)cc1Cc1cnc(N)cc1CCc1ccccc1. The van der Waals surface area contributed by atoms with Crippen molar-refractivity contribution >= 4 is 23.5 Å². The summed E-state index contributed by atoms with van der Waals surface area (Å²) < 4.78 is 5.31. The molecule has 1 aromatic heterocycles. The number of nitrogens with two attached hydrogens (primary N) is 1. The van der Waals surface area contributed by atoms with Crippen LogP contribution >= 0.6 is 0 Å². The predicted molar refractivity (Wildman–Crippen MR) is 157 cm³/mol. The summed E-state index contributed by atoms with van der Waals surface area (Å²) in [6.45, 7) is 2.16. The number of Topliss-reactive ketones (excluding diaryl/α,β-unsaturated/α-hetero) is 1. The number of nitrogen functional groups attached to an aromatic ring is 1. The summed E-state index contributed by atoms with van der Waals surface area (Å²) in [5, 5.41) is 10.5. The fourth-order valence-corrected chi connectivity index (χ4v) is 4.61. The van der Waals surface area contributed by atoms with Gasteiger partial charge < -0.3 is 15.6 Å². The molecule has 6 nitrogen and oxygen atoms in total. The molecule has 3 aromatic rings. The summed E-state index contributed by atoms with van der Waals surface area (Å²) in [6, 6.07) is 15.5. The maximum Gasteiger partial charge on any atom is 0.163 e. The number of carbonyl (C=O) groups is 2. The van der Waals surface area contributed by atoms with Crippen LogP contribution in [0.15, 0.2) is 60.8 Å². The van der Waals surface area contributed by atoms with Crippen LogP contribution in [-0.2, 0) is 28.9 Å². The van der Waals surface area contributed by atoms with Crippen LogP contribution in [-0.4, -0.2) is 28.8 Å². The summed E-state index contributed by atoms with van der Waals surface area (Å²) in [5.41, 5.74) is 10.9. The van der Waals surface area contributed by atoms with Crippen LogP contribution in [0.4, 0.5) is 5.82 Å². The molecule has 0 spiro atoms. The number of phenolic OH excluding ortho intramolecular Hbond substituents is 1.